The summed E-state index contributed by atoms with van der Waals surface area (Å²) in [4.78, 5) is 13.5. The van der Waals surface area contributed by atoms with Crippen LogP contribution in [0.2, 0.25) is 0 Å². The zero-order valence-electron chi connectivity index (χ0n) is 13.1. The zero-order chi connectivity index (χ0) is 15.0. The van der Waals surface area contributed by atoms with Crippen LogP contribution in [0.4, 0.5) is 0 Å². The van der Waals surface area contributed by atoms with Crippen LogP contribution in [0.3, 0.4) is 0 Å². The molecule has 0 unspecified atom stereocenters. The molecule has 3 nitrogen and oxygen atoms in total. The first kappa shape index (κ1) is 15.9. The Morgan fingerprint density at radius 3 is 2.50 bits per heavy atom. The fourth-order valence-electron chi connectivity index (χ4n) is 3.25. The van der Waals surface area contributed by atoms with E-state index in [0.717, 1.165) is 18.5 Å². The molecule has 0 aromatic rings. The summed E-state index contributed by atoms with van der Waals surface area (Å²) < 4.78 is -0.125. The molecular formula is C16H28N2OS. The Balaban J connectivity index is 1.83. The fourth-order valence-corrected chi connectivity index (χ4v) is 4.93. The van der Waals surface area contributed by atoms with Crippen LogP contribution in [0.5, 0.6) is 0 Å². The lowest BCUT2D eigenvalue weighted by Gasteiger charge is -2.50. The van der Waals surface area contributed by atoms with E-state index >= 15 is 0 Å². The number of hydrogen-bond donors (Lipinski definition) is 1. The minimum atomic E-state index is -0.527. The van der Waals surface area contributed by atoms with Gasteiger partial charge in [-0.05, 0) is 20.3 Å². The lowest BCUT2D eigenvalue weighted by molar-refractivity contribution is -0.154. The second-order valence-corrected chi connectivity index (χ2v) is 8.47. The van der Waals surface area contributed by atoms with Gasteiger partial charge in [0.1, 0.15) is 0 Å². The highest BCUT2D eigenvalue weighted by atomic mass is 32.2. The predicted molar refractivity (Wildman–Crippen MR) is 86.1 cm³/mol. The maximum Gasteiger partial charge on any atom is 0.236 e. The fraction of sp³-hybridized carbons (Fsp3) is 0.812. The van der Waals surface area contributed by atoms with Crippen molar-refractivity contribution in [2.75, 3.05) is 0 Å². The van der Waals surface area contributed by atoms with Gasteiger partial charge in [-0.1, -0.05) is 52.0 Å². The third kappa shape index (κ3) is 2.52. The van der Waals surface area contributed by atoms with E-state index in [4.69, 9.17) is 5.73 Å². The van der Waals surface area contributed by atoms with Gasteiger partial charge in [0.15, 0.2) is 4.99 Å². The molecule has 20 heavy (non-hydrogen) atoms. The molecule has 0 aliphatic carbocycles. The van der Waals surface area contributed by atoms with Crippen LogP contribution in [0.15, 0.2) is 12.3 Å². The molecule has 1 amide bonds. The summed E-state index contributed by atoms with van der Waals surface area (Å²) in [5, 5.41) is 0. The van der Waals surface area contributed by atoms with Crippen molar-refractivity contribution in [3.63, 3.8) is 0 Å². The monoisotopic (exact) mass is 296 g/mol. The van der Waals surface area contributed by atoms with E-state index in [1.54, 1.807) is 16.7 Å². The van der Waals surface area contributed by atoms with Gasteiger partial charge in [-0.15, -0.1) is 11.8 Å². The van der Waals surface area contributed by atoms with Crippen molar-refractivity contribution < 1.29 is 4.79 Å². The van der Waals surface area contributed by atoms with E-state index in [-0.39, 0.29) is 16.6 Å². The van der Waals surface area contributed by atoms with Gasteiger partial charge in [-0.3, -0.25) is 15.4 Å². The summed E-state index contributed by atoms with van der Waals surface area (Å²) in [6, 6.07) is 0. The van der Waals surface area contributed by atoms with E-state index in [0.29, 0.717) is 0 Å². The van der Waals surface area contributed by atoms with Crippen molar-refractivity contribution in [2.45, 2.75) is 75.5 Å². The average molecular weight is 296 g/mol. The van der Waals surface area contributed by atoms with E-state index < -0.39 is 4.99 Å². The molecule has 2 atom stereocenters. The predicted octanol–water partition coefficient (Wildman–Crippen LogP) is 3.85. The first-order valence-corrected chi connectivity index (χ1v) is 8.68. The summed E-state index contributed by atoms with van der Waals surface area (Å²) in [6.07, 6.45) is 8.44. The first-order chi connectivity index (χ1) is 9.34. The van der Waals surface area contributed by atoms with E-state index in [1.807, 2.05) is 0 Å². The van der Waals surface area contributed by atoms with Gasteiger partial charge in [0.2, 0.25) is 5.91 Å². The van der Waals surface area contributed by atoms with Crippen LogP contribution < -0.4 is 5.73 Å². The van der Waals surface area contributed by atoms with Crippen LogP contribution in [-0.4, -0.2) is 20.5 Å². The Bertz CT molecular complexity index is 407. The van der Waals surface area contributed by atoms with Gasteiger partial charge >= 0.3 is 0 Å². The van der Waals surface area contributed by atoms with Crippen molar-refractivity contribution in [1.82, 2.24) is 4.90 Å². The Kier molecular flexibility index (Phi) is 4.55. The number of nitrogens with zero attached hydrogens (tertiary/aromatic N) is 1. The van der Waals surface area contributed by atoms with Crippen LogP contribution in [0.1, 0.15) is 65.7 Å². The number of hydrogen-bond acceptors (Lipinski definition) is 3. The molecule has 4 heteroatoms. The number of carbonyl (C=O) groups excluding carboxylic acids is 1. The molecule has 0 bridgehead atoms. The Hall–Kier alpha value is -0.480. The summed E-state index contributed by atoms with van der Waals surface area (Å²) in [6.45, 7) is 10.5. The van der Waals surface area contributed by atoms with E-state index in [9.17, 15) is 4.79 Å². The molecule has 0 saturated carbocycles. The molecule has 2 fully saturated rings. The number of carbonyl (C=O) groups is 1. The minimum Gasteiger partial charge on any atom is -0.299 e. The SMILES string of the molecule is C=C1N2C(=O)[C@@H](CCCCCCCC)[C@]2(N)SC1(C)C. The van der Waals surface area contributed by atoms with Gasteiger partial charge in [0.05, 0.1) is 10.7 Å². The average Bonchev–Trinajstić information content (AvgIpc) is 2.52. The summed E-state index contributed by atoms with van der Waals surface area (Å²) in [5.74, 6) is 0.168. The molecule has 2 rings (SSSR count). The molecule has 0 aromatic heterocycles. The van der Waals surface area contributed by atoms with Crippen LogP contribution in [0, 0.1) is 5.92 Å². The standard InChI is InChI=1S/C16H28N2OS/c1-5-6-7-8-9-10-11-13-14(19)18-12(2)15(3,4)20-16(13,18)17/h13H,2,5-11,17H2,1,3-4H3/t13-,16-/m1/s1. The highest BCUT2D eigenvalue weighted by molar-refractivity contribution is 8.02. The number of fused-ring (bicyclic) bond motifs is 1. The van der Waals surface area contributed by atoms with Gasteiger partial charge < -0.3 is 0 Å². The molecule has 2 saturated heterocycles. The molecular weight excluding hydrogens is 268 g/mol. The summed E-state index contributed by atoms with van der Waals surface area (Å²) in [5.41, 5.74) is 7.35. The van der Waals surface area contributed by atoms with Gasteiger partial charge in [-0.2, -0.15) is 0 Å². The second kappa shape index (κ2) is 5.72. The van der Waals surface area contributed by atoms with Crippen LogP contribution in [0.25, 0.3) is 0 Å². The van der Waals surface area contributed by atoms with Gasteiger partial charge in [0, 0.05) is 5.70 Å². The summed E-state index contributed by atoms with van der Waals surface area (Å²) >= 11 is 1.70. The lowest BCUT2D eigenvalue weighted by Crippen LogP contribution is -2.70. The Labute approximate surface area is 127 Å². The molecule has 114 valence electrons. The molecule has 0 spiro atoms. The van der Waals surface area contributed by atoms with Crippen molar-refractivity contribution >= 4 is 17.7 Å². The quantitative estimate of drug-likeness (QED) is 0.573. The molecule has 2 heterocycles. The molecule has 2 aliphatic heterocycles. The Morgan fingerprint density at radius 2 is 1.85 bits per heavy atom. The summed E-state index contributed by atoms with van der Waals surface area (Å²) in [7, 11) is 0. The zero-order valence-corrected chi connectivity index (χ0v) is 13.9. The van der Waals surface area contributed by atoms with Crippen molar-refractivity contribution in [3.05, 3.63) is 12.3 Å². The van der Waals surface area contributed by atoms with Crippen LogP contribution in [-0.2, 0) is 4.79 Å². The molecule has 0 aromatic carbocycles. The number of amides is 1. The normalized spacial score (nSPS) is 31.4. The Morgan fingerprint density at radius 1 is 1.25 bits per heavy atom. The third-order valence-electron chi connectivity index (χ3n) is 4.60. The highest BCUT2D eigenvalue weighted by Gasteiger charge is 2.66. The minimum absolute atomic E-state index is 0.0165. The number of thioether (sulfide) groups is 1. The van der Waals surface area contributed by atoms with Crippen molar-refractivity contribution in [2.24, 2.45) is 11.7 Å². The first-order valence-electron chi connectivity index (χ1n) is 7.87. The van der Waals surface area contributed by atoms with Crippen molar-refractivity contribution in [1.29, 1.82) is 0 Å². The maximum atomic E-state index is 12.3. The maximum absolute atomic E-state index is 12.3. The van der Waals surface area contributed by atoms with Gasteiger partial charge in [-0.25, -0.2) is 0 Å². The largest absolute Gasteiger partial charge is 0.299 e. The number of unbranched alkanes of at least 4 members (excludes halogenated alkanes) is 5. The molecule has 2 N–H and O–H groups in total. The number of β-lactam (4-membered cyclic amide) rings is 1. The van der Waals surface area contributed by atoms with E-state index in [2.05, 4.69) is 27.4 Å². The molecule has 0 radical (unpaired) electrons. The number of nitrogens with two attached hydrogens (primary N) is 1. The second-order valence-electron chi connectivity index (χ2n) is 6.59. The lowest BCUT2D eigenvalue weighted by atomic mass is 9.86. The smallest absolute Gasteiger partial charge is 0.236 e. The van der Waals surface area contributed by atoms with Crippen LogP contribution >= 0.6 is 11.8 Å². The molecule has 2 aliphatic rings. The number of rotatable bonds is 7. The van der Waals surface area contributed by atoms with E-state index in [1.165, 1.54) is 32.1 Å². The van der Waals surface area contributed by atoms with Gasteiger partial charge in [0.25, 0.3) is 0 Å². The third-order valence-corrected chi connectivity index (χ3v) is 6.14. The highest BCUT2D eigenvalue weighted by Crippen LogP contribution is 2.60. The topological polar surface area (TPSA) is 46.3 Å². The van der Waals surface area contributed by atoms with Crippen molar-refractivity contribution in [3.8, 4) is 0 Å².